The molecule has 0 saturated heterocycles. The van der Waals surface area contributed by atoms with E-state index in [9.17, 15) is 0 Å². The summed E-state index contributed by atoms with van der Waals surface area (Å²) in [7, 11) is 4.93. The lowest BCUT2D eigenvalue weighted by atomic mass is 10.0. The monoisotopic (exact) mass is 540 g/mol. The number of rotatable bonds is 32. The molecule has 0 aromatic carbocycles. The van der Waals surface area contributed by atoms with Crippen molar-refractivity contribution in [1.82, 2.24) is 0 Å². The third-order valence-corrected chi connectivity index (χ3v) is 8.73. The number of nitrogens with zero attached hydrogens (tertiary/aromatic N) is 1. The summed E-state index contributed by atoms with van der Waals surface area (Å²) >= 11 is 0. The van der Waals surface area contributed by atoms with Crippen LogP contribution in [-0.2, 0) is 0 Å². The van der Waals surface area contributed by atoms with Crippen LogP contribution in [0.2, 0.25) is 0 Å². The van der Waals surface area contributed by atoms with Crippen LogP contribution in [0.1, 0.15) is 206 Å². The van der Waals surface area contributed by atoms with Gasteiger partial charge in [-0.25, -0.2) is 0 Å². The van der Waals surface area contributed by atoms with E-state index in [0.29, 0.717) is 0 Å². The predicted molar refractivity (Wildman–Crippen MR) is 174 cm³/mol. The third-order valence-electron chi connectivity index (χ3n) is 8.73. The van der Waals surface area contributed by atoms with Crippen molar-refractivity contribution < 1.29 is 9.96 Å². The Balaban J connectivity index is 0. The quantitative estimate of drug-likeness (QED) is 0.0617. The molecule has 0 spiro atoms. The van der Waals surface area contributed by atoms with Crippen LogP contribution in [0.15, 0.2) is 0 Å². The van der Waals surface area contributed by atoms with E-state index in [0.717, 1.165) is 0 Å². The Kier molecular flexibility index (Phi) is 34.9. The lowest BCUT2D eigenvalue weighted by Gasteiger charge is -2.30. The Labute approximate surface area is 243 Å². The fraction of sp³-hybridized carbons (Fsp3) is 1.00. The van der Waals surface area contributed by atoms with Gasteiger partial charge in [0, 0.05) is 0 Å². The molecule has 2 nitrogen and oxygen atoms in total. The summed E-state index contributed by atoms with van der Waals surface area (Å²) in [6.45, 7) is 7.39. The first-order valence-electron chi connectivity index (χ1n) is 17.9. The molecule has 0 aliphatic rings. The van der Waals surface area contributed by atoms with E-state index in [1.165, 1.54) is 210 Å². The van der Waals surface area contributed by atoms with Gasteiger partial charge in [0.05, 0.1) is 27.2 Å². The number of quaternary nitrogens is 1. The zero-order valence-corrected chi connectivity index (χ0v) is 27.5. The maximum atomic E-state index is 2.47. The first-order valence-corrected chi connectivity index (χ1v) is 17.9. The minimum atomic E-state index is 0. The van der Waals surface area contributed by atoms with E-state index in [4.69, 9.17) is 0 Å². The highest BCUT2D eigenvalue weighted by Gasteiger charge is 2.13. The van der Waals surface area contributed by atoms with Crippen LogP contribution in [-0.4, -0.2) is 37.1 Å². The number of unbranched alkanes of at least 4 members (excludes halogenated alkanes) is 28. The van der Waals surface area contributed by atoms with Crippen molar-refractivity contribution in [2.75, 3.05) is 27.2 Å². The highest BCUT2D eigenvalue weighted by molar-refractivity contribution is 4.52. The van der Waals surface area contributed by atoms with Crippen molar-refractivity contribution in [2.45, 2.75) is 206 Å². The molecule has 0 aliphatic heterocycles. The molecule has 0 rings (SSSR count). The van der Waals surface area contributed by atoms with Crippen molar-refractivity contribution >= 4 is 0 Å². The van der Waals surface area contributed by atoms with Gasteiger partial charge in [0.15, 0.2) is 0 Å². The lowest BCUT2D eigenvalue weighted by Crippen LogP contribution is -2.41. The molecule has 0 aliphatic carbocycles. The van der Waals surface area contributed by atoms with Gasteiger partial charge in [0.25, 0.3) is 0 Å². The van der Waals surface area contributed by atoms with Crippen LogP contribution >= 0.6 is 0 Å². The second-order valence-electron chi connectivity index (χ2n) is 13.3. The highest BCUT2D eigenvalue weighted by atomic mass is 16.0. The van der Waals surface area contributed by atoms with Gasteiger partial charge in [0.1, 0.15) is 0 Å². The zero-order chi connectivity index (χ0) is 27.1. The fourth-order valence-electron chi connectivity index (χ4n) is 5.93. The van der Waals surface area contributed by atoms with Crippen LogP contribution in [0.25, 0.3) is 0 Å². The summed E-state index contributed by atoms with van der Waals surface area (Å²) in [6.07, 6.45) is 43.9. The summed E-state index contributed by atoms with van der Waals surface area (Å²) in [6, 6.07) is 0. The maximum Gasteiger partial charge on any atom is 0.0782 e. The summed E-state index contributed by atoms with van der Waals surface area (Å²) in [5, 5.41) is 0. The molecule has 0 amide bonds. The second kappa shape index (κ2) is 33.1. The van der Waals surface area contributed by atoms with Gasteiger partial charge in [-0.2, -0.15) is 0 Å². The lowest BCUT2D eigenvalue weighted by molar-refractivity contribution is -0.890. The number of hydrogen-bond donors (Lipinski definition) is 0. The van der Waals surface area contributed by atoms with E-state index in [2.05, 4.69) is 27.9 Å². The molecular formula is C36H77NO. The molecule has 0 unspecified atom stereocenters. The molecule has 0 aromatic rings. The Morgan fingerprint density at radius 3 is 0.605 bits per heavy atom. The molecule has 38 heavy (non-hydrogen) atoms. The van der Waals surface area contributed by atoms with Crippen LogP contribution in [0.4, 0.5) is 0 Å². The van der Waals surface area contributed by atoms with E-state index in [1.54, 1.807) is 0 Å². The summed E-state index contributed by atoms with van der Waals surface area (Å²) < 4.78 is 1.25. The minimum Gasteiger partial charge on any atom is -0.870 e. The van der Waals surface area contributed by atoms with E-state index in [-0.39, 0.29) is 5.48 Å². The average Bonchev–Trinajstić information content (AvgIpc) is 2.88. The molecule has 0 heterocycles. The minimum absolute atomic E-state index is 0. The average molecular weight is 540 g/mol. The van der Waals surface area contributed by atoms with Gasteiger partial charge >= 0.3 is 0 Å². The number of hydrogen-bond acceptors (Lipinski definition) is 1. The third kappa shape index (κ3) is 33.9. The summed E-state index contributed by atoms with van der Waals surface area (Å²) in [5.74, 6) is 0. The molecule has 0 fully saturated rings. The van der Waals surface area contributed by atoms with Crippen LogP contribution in [0.3, 0.4) is 0 Å². The Bertz CT molecular complexity index is 372. The van der Waals surface area contributed by atoms with Crippen molar-refractivity contribution in [2.24, 2.45) is 0 Å². The van der Waals surface area contributed by atoms with E-state index >= 15 is 0 Å². The fourth-order valence-corrected chi connectivity index (χ4v) is 5.93. The summed E-state index contributed by atoms with van der Waals surface area (Å²) in [4.78, 5) is 0. The van der Waals surface area contributed by atoms with Gasteiger partial charge in [-0.1, -0.05) is 181 Å². The molecule has 2 heteroatoms. The van der Waals surface area contributed by atoms with Crippen molar-refractivity contribution in [3.8, 4) is 0 Å². The first kappa shape index (κ1) is 40.1. The Hall–Kier alpha value is -0.0800. The molecule has 0 aromatic heterocycles. The molecule has 0 bridgehead atoms. The van der Waals surface area contributed by atoms with Crippen molar-refractivity contribution in [1.29, 1.82) is 0 Å². The second-order valence-corrected chi connectivity index (χ2v) is 13.3. The van der Waals surface area contributed by atoms with Gasteiger partial charge in [0.2, 0.25) is 0 Å². The van der Waals surface area contributed by atoms with Crippen molar-refractivity contribution in [3.05, 3.63) is 0 Å². The van der Waals surface area contributed by atoms with Crippen LogP contribution in [0, 0.1) is 0 Å². The topological polar surface area (TPSA) is 30.0 Å². The molecular weight excluding hydrogens is 462 g/mol. The SMILES string of the molecule is CCCCCCCCCCCCCCCCC[N+](C)(C)CCCCCCCCCCCCCCCCC.[OH-]. The maximum absolute atomic E-state index is 2.47. The zero-order valence-electron chi connectivity index (χ0n) is 27.5. The van der Waals surface area contributed by atoms with Gasteiger partial charge in [-0.3, -0.25) is 0 Å². The molecule has 1 N–H and O–H groups in total. The highest BCUT2D eigenvalue weighted by Crippen LogP contribution is 2.16. The largest absolute Gasteiger partial charge is 0.870 e. The summed E-state index contributed by atoms with van der Waals surface area (Å²) in [5.41, 5.74) is 0. The smallest absolute Gasteiger partial charge is 0.0782 e. The van der Waals surface area contributed by atoms with Gasteiger partial charge in [-0.05, 0) is 25.7 Å². The normalized spacial score (nSPS) is 11.7. The Morgan fingerprint density at radius 1 is 0.263 bits per heavy atom. The molecule has 0 saturated carbocycles. The van der Waals surface area contributed by atoms with Crippen LogP contribution in [0.5, 0.6) is 0 Å². The standard InChI is InChI=1S/C36H76N.H2O/c1-5-7-9-11-13-15-17-19-21-23-25-27-29-31-33-35-37(3,4)36-34-32-30-28-26-24-22-20-18-16-14-12-10-8-6-2;/h5-36H2,1-4H3;1H2/q+1;/p-1. The van der Waals surface area contributed by atoms with E-state index in [1.807, 2.05) is 0 Å². The van der Waals surface area contributed by atoms with Crippen LogP contribution < -0.4 is 0 Å². The van der Waals surface area contributed by atoms with Gasteiger partial charge < -0.3 is 9.96 Å². The molecule has 232 valence electrons. The molecule has 0 atom stereocenters. The Morgan fingerprint density at radius 2 is 0.421 bits per heavy atom. The predicted octanol–water partition coefficient (Wildman–Crippen LogP) is 12.6. The van der Waals surface area contributed by atoms with Gasteiger partial charge in [-0.15, -0.1) is 0 Å². The van der Waals surface area contributed by atoms with E-state index < -0.39 is 0 Å². The van der Waals surface area contributed by atoms with Crippen molar-refractivity contribution in [3.63, 3.8) is 0 Å². The molecule has 0 radical (unpaired) electrons. The first-order chi connectivity index (χ1) is 18.1.